The molecule has 0 spiro atoms. The topological polar surface area (TPSA) is 122 Å². The molecule has 1 saturated heterocycles. The molecule has 9 nitrogen and oxygen atoms in total. The van der Waals surface area contributed by atoms with Crippen LogP contribution in [0.25, 0.3) is 6.08 Å². The molecule has 4 amide bonds. The van der Waals surface area contributed by atoms with Gasteiger partial charge < -0.3 is 14.6 Å². The molecule has 188 valence electrons. The number of halogens is 2. The van der Waals surface area contributed by atoms with E-state index in [9.17, 15) is 19.2 Å². The maximum atomic E-state index is 13.1. The lowest BCUT2D eigenvalue weighted by Gasteiger charge is -2.26. The van der Waals surface area contributed by atoms with Crippen LogP contribution in [0.2, 0.25) is 10.0 Å². The first-order valence-corrected chi connectivity index (χ1v) is 11.4. The molecule has 0 unspecified atom stereocenters. The van der Waals surface area contributed by atoms with Gasteiger partial charge in [-0.2, -0.15) is 0 Å². The number of nitrogens with zero attached hydrogens (tertiary/aromatic N) is 1. The number of carboxylic acids is 1. The van der Waals surface area contributed by atoms with Crippen LogP contribution in [-0.4, -0.2) is 36.0 Å². The second-order valence-corrected chi connectivity index (χ2v) is 8.57. The quantitative estimate of drug-likeness (QED) is 0.321. The van der Waals surface area contributed by atoms with E-state index in [-0.39, 0.29) is 39.2 Å². The van der Waals surface area contributed by atoms with Gasteiger partial charge in [0, 0.05) is 0 Å². The van der Waals surface area contributed by atoms with Gasteiger partial charge in [-0.05, 0) is 65.7 Å². The Morgan fingerprint density at radius 2 is 1.62 bits per heavy atom. The van der Waals surface area contributed by atoms with Gasteiger partial charge >= 0.3 is 12.0 Å². The van der Waals surface area contributed by atoms with E-state index in [0.29, 0.717) is 16.9 Å². The van der Waals surface area contributed by atoms with E-state index in [4.69, 9.17) is 37.8 Å². The maximum Gasteiger partial charge on any atom is 0.335 e. The third kappa shape index (κ3) is 5.58. The van der Waals surface area contributed by atoms with Gasteiger partial charge in [0.25, 0.3) is 11.8 Å². The number of hydrogen-bond acceptors (Lipinski definition) is 6. The van der Waals surface area contributed by atoms with Crippen LogP contribution in [0.5, 0.6) is 11.5 Å². The first kappa shape index (κ1) is 25.7. The van der Waals surface area contributed by atoms with Gasteiger partial charge in [-0.3, -0.25) is 14.9 Å². The molecule has 4 rings (SSSR count). The largest absolute Gasteiger partial charge is 0.497 e. The van der Waals surface area contributed by atoms with Crippen molar-refractivity contribution in [2.24, 2.45) is 0 Å². The molecule has 1 heterocycles. The molecule has 1 fully saturated rings. The van der Waals surface area contributed by atoms with Gasteiger partial charge in [0.05, 0.1) is 28.4 Å². The summed E-state index contributed by atoms with van der Waals surface area (Å²) in [5.41, 5.74) is 1.12. The van der Waals surface area contributed by atoms with Crippen molar-refractivity contribution >= 4 is 58.8 Å². The van der Waals surface area contributed by atoms with Crippen molar-refractivity contribution in [3.05, 3.63) is 93.0 Å². The Kier molecular flexibility index (Phi) is 7.47. The number of carbonyl (C=O) groups excluding carboxylic acids is 3. The number of rotatable bonds is 7. The number of nitrogens with one attached hydrogen (secondary N) is 1. The normalized spacial score (nSPS) is 14.5. The Balaban J connectivity index is 1.56. The summed E-state index contributed by atoms with van der Waals surface area (Å²) < 4.78 is 10.8. The lowest BCUT2D eigenvalue weighted by atomic mass is 10.1. The van der Waals surface area contributed by atoms with Crippen molar-refractivity contribution in [3.63, 3.8) is 0 Å². The smallest absolute Gasteiger partial charge is 0.335 e. The van der Waals surface area contributed by atoms with Crippen LogP contribution in [0.1, 0.15) is 21.5 Å². The van der Waals surface area contributed by atoms with Crippen LogP contribution in [0.15, 0.2) is 66.2 Å². The minimum atomic E-state index is -1.04. The minimum Gasteiger partial charge on any atom is -0.497 e. The highest BCUT2D eigenvalue weighted by Gasteiger charge is 2.36. The van der Waals surface area contributed by atoms with E-state index in [1.165, 1.54) is 49.6 Å². The highest BCUT2D eigenvalue weighted by atomic mass is 35.5. The molecule has 37 heavy (non-hydrogen) atoms. The van der Waals surface area contributed by atoms with E-state index < -0.39 is 23.8 Å². The van der Waals surface area contributed by atoms with Gasteiger partial charge in [0.15, 0.2) is 5.75 Å². The van der Waals surface area contributed by atoms with Crippen molar-refractivity contribution in [1.82, 2.24) is 5.32 Å². The van der Waals surface area contributed by atoms with E-state index in [1.54, 1.807) is 24.3 Å². The van der Waals surface area contributed by atoms with Gasteiger partial charge in [0.1, 0.15) is 17.9 Å². The van der Waals surface area contributed by atoms with E-state index in [2.05, 4.69) is 5.32 Å². The Bertz CT molecular complexity index is 1410. The Labute approximate surface area is 220 Å². The van der Waals surface area contributed by atoms with E-state index >= 15 is 0 Å². The minimum absolute atomic E-state index is 0.0690. The number of ether oxygens (including phenoxy) is 2. The number of carboxylic acid groups (broad SMARTS) is 1. The number of carbonyl (C=O) groups is 4. The molecule has 0 saturated carbocycles. The summed E-state index contributed by atoms with van der Waals surface area (Å²) in [5.74, 6) is -2.02. The van der Waals surface area contributed by atoms with Crippen molar-refractivity contribution in [3.8, 4) is 11.5 Å². The summed E-state index contributed by atoms with van der Waals surface area (Å²) in [6.45, 7) is 0.0690. The maximum absolute atomic E-state index is 13.1. The Morgan fingerprint density at radius 3 is 2.19 bits per heavy atom. The number of benzene rings is 3. The molecular weight excluding hydrogens is 523 g/mol. The summed E-state index contributed by atoms with van der Waals surface area (Å²) in [5, 5.41) is 11.4. The number of imide groups is 2. The fraction of sp³-hybridized carbons (Fsp3) is 0.0769. The van der Waals surface area contributed by atoms with Gasteiger partial charge in [-0.25, -0.2) is 14.5 Å². The highest BCUT2D eigenvalue weighted by molar-refractivity contribution is 6.40. The molecule has 0 aromatic heterocycles. The average Bonchev–Trinajstić information content (AvgIpc) is 2.86. The molecule has 2 N–H and O–H groups in total. The number of amides is 4. The van der Waals surface area contributed by atoms with Gasteiger partial charge in [0.2, 0.25) is 0 Å². The SMILES string of the molecule is COc1ccc(N2C(=O)NC(=O)C(=Cc3cc(Cl)c(OCc4ccc(C(=O)O)cc4)c(Cl)c3)C2=O)cc1. The molecule has 1 aliphatic rings. The third-order valence-electron chi connectivity index (χ3n) is 5.35. The van der Waals surface area contributed by atoms with Crippen LogP contribution in [0.3, 0.4) is 0 Å². The second kappa shape index (κ2) is 10.7. The standard InChI is InChI=1S/C26H18Cl2N2O7/c1-36-18-8-6-17(7-9-18)30-24(32)19(23(31)29-26(30)35)10-15-11-20(27)22(21(28)12-15)37-13-14-2-4-16(5-3-14)25(33)34/h2-12H,13H2,1H3,(H,33,34)(H,29,31,35). The summed E-state index contributed by atoms with van der Waals surface area (Å²) in [6, 6.07) is 14.3. The molecular formula is C26H18Cl2N2O7. The number of urea groups is 1. The van der Waals surface area contributed by atoms with Crippen LogP contribution in [0.4, 0.5) is 10.5 Å². The summed E-state index contributed by atoms with van der Waals surface area (Å²) in [6.07, 6.45) is 1.27. The predicted octanol–water partition coefficient (Wildman–Crippen LogP) is 4.95. The predicted molar refractivity (Wildman–Crippen MR) is 136 cm³/mol. The Morgan fingerprint density at radius 1 is 1.00 bits per heavy atom. The molecule has 0 radical (unpaired) electrons. The molecule has 0 atom stereocenters. The van der Waals surface area contributed by atoms with Crippen LogP contribution >= 0.6 is 23.2 Å². The molecule has 11 heteroatoms. The van der Waals surface area contributed by atoms with E-state index in [0.717, 1.165) is 4.90 Å². The van der Waals surface area contributed by atoms with Crippen molar-refractivity contribution in [1.29, 1.82) is 0 Å². The van der Waals surface area contributed by atoms with Crippen LogP contribution in [0, 0.1) is 0 Å². The lowest BCUT2D eigenvalue weighted by Crippen LogP contribution is -2.54. The van der Waals surface area contributed by atoms with Crippen molar-refractivity contribution < 1.29 is 33.8 Å². The van der Waals surface area contributed by atoms with Crippen LogP contribution < -0.4 is 19.7 Å². The summed E-state index contributed by atoms with van der Waals surface area (Å²) in [4.78, 5) is 49.8. The fourth-order valence-electron chi connectivity index (χ4n) is 3.49. The van der Waals surface area contributed by atoms with Gasteiger partial charge in [-0.15, -0.1) is 0 Å². The first-order valence-electron chi connectivity index (χ1n) is 10.7. The second-order valence-electron chi connectivity index (χ2n) is 7.76. The molecule has 1 aliphatic heterocycles. The third-order valence-corrected chi connectivity index (χ3v) is 5.91. The number of hydrogen-bond donors (Lipinski definition) is 2. The molecule has 0 aliphatic carbocycles. The molecule has 3 aromatic rings. The van der Waals surface area contributed by atoms with Crippen molar-refractivity contribution in [2.45, 2.75) is 6.61 Å². The summed E-state index contributed by atoms with van der Waals surface area (Å²) in [7, 11) is 1.48. The monoisotopic (exact) mass is 540 g/mol. The zero-order valence-corrected chi connectivity index (χ0v) is 20.7. The fourth-order valence-corrected chi connectivity index (χ4v) is 4.10. The zero-order chi connectivity index (χ0) is 26.7. The lowest BCUT2D eigenvalue weighted by molar-refractivity contribution is -0.122. The van der Waals surface area contributed by atoms with Crippen molar-refractivity contribution in [2.75, 3.05) is 12.0 Å². The van der Waals surface area contributed by atoms with E-state index in [1.807, 2.05) is 0 Å². The summed E-state index contributed by atoms with van der Waals surface area (Å²) >= 11 is 12.7. The van der Waals surface area contributed by atoms with Crippen LogP contribution in [-0.2, 0) is 16.2 Å². The highest BCUT2D eigenvalue weighted by Crippen LogP contribution is 2.36. The number of methoxy groups -OCH3 is 1. The van der Waals surface area contributed by atoms with Gasteiger partial charge in [-0.1, -0.05) is 35.3 Å². The number of anilines is 1. The number of aromatic carboxylic acids is 1. The average molecular weight is 541 g/mol. The molecule has 3 aromatic carbocycles. The first-order chi connectivity index (χ1) is 17.7. The zero-order valence-electron chi connectivity index (χ0n) is 19.2. The molecule has 0 bridgehead atoms. The number of barbiturate groups is 1. The Hall–Kier alpha value is -4.34.